The summed E-state index contributed by atoms with van der Waals surface area (Å²) in [6, 6.07) is 2.43. The SMILES string of the molecule is O=C(O)C(Cc1ccc(C(F)(F)F)cc1)NF. The van der Waals surface area contributed by atoms with E-state index in [1.165, 1.54) is 0 Å². The highest BCUT2D eigenvalue weighted by Gasteiger charge is 2.30. The lowest BCUT2D eigenvalue weighted by Gasteiger charge is -2.10. The predicted octanol–water partition coefficient (Wildman–Crippen LogP) is 2.18. The van der Waals surface area contributed by atoms with Crippen LogP contribution in [-0.2, 0) is 17.4 Å². The lowest BCUT2D eigenvalue weighted by atomic mass is 10.0. The first kappa shape index (κ1) is 13.4. The van der Waals surface area contributed by atoms with Crippen LogP contribution >= 0.6 is 0 Å². The van der Waals surface area contributed by atoms with Gasteiger partial charge in [-0.15, -0.1) is 10.0 Å². The Morgan fingerprint density at radius 3 is 2.18 bits per heavy atom. The Labute approximate surface area is 94.0 Å². The fourth-order valence-corrected chi connectivity index (χ4v) is 1.24. The van der Waals surface area contributed by atoms with Crippen molar-refractivity contribution in [1.29, 1.82) is 0 Å². The zero-order valence-corrected chi connectivity index (χ0v) is 8.46. The van der Waals surface area contributed by atoms with E-state index in [0.717, 1.165) is 29.8 Å². The van der Waals surface area contributed by atoms with Crippen molar-refractivity contribution in [3.05, 3.63) is 35.4 Å². The molecule has 1 atom stereocenters. The van der Waals surface area contributed by atoms with E-state index < -0.39 is 23.8 Å². The molecule has 3 nitrogen and oxygen atoms in total. The first-order chi connectivity index (χ1) is 7.84. The van der Waals surface area contributed by atoms with Crippen molar-refractivity contribution < 1.29 is 27.6 Å². The van der Waals surface area contributed by atoms with Gasteiger partial charge < -0.3 is 5.11 Å². The third-order valence-corrected chi connectivity index (χ3v) is 2.15. The maximum Gasteiger partial charge on any atom is 0.416 e. The summed E-state index contributed by atoms with van der Waals surface area (Å²) < 4.78 is 48.7. The number of rotatable bonds is 4. The summed E-state index contributed by atoms with van der Waals surface area (Å²) in [6.07, 6.45) is -4.67. The van der Waals surface area contributed by atoms with Crippen LogP contribution in [0.15, 0.2) is 24.3 Å². The molecule has 0 saturated carbocycles. The fraction of sp³-hybridized carbons (Fsp3) is 0.300. The van der Waals surface area contributed by atoms with Gasteiger partial charge in [-0.2, -0.15) is 13.2 Å². The van der Waals surface area contributed by atoms with E-state index in [4.69, 9.17) is 5.11 Å². The lowest BCUT2D eigenvalue weighted by Crippen LogP contribution is -2.33. The number of carboxylic acid groups (broad SMARTS) is 1. The second-order valence-electron chi connectivity index (χ2n) is 3.40. The van der Waals surface area contributed by atoms with Gasteiger partial charge in [0.1, 0.15) is 6.04 Å². The van der Waals surface area contributed by atoms with Crippen LogP contribution in [0.3, 0.4) is 0 Å². The number of alkyl halides is 3. The van der Waals surface area contributed by atoms with Crippen LogP contribution in [0.4, 0.5) is 17.7 Å². The van der Waals surface area contributed by atoms with Crippen LogP contribution in [0.25, 0.3) is 0 Å². The van der Waals surface area contributed by atoms with Gasteiger partial charge in [0.2, 0.25) is 0 Å². The highest BCUT2D eigenvalue weighted by atomic mass is 19.4. The molecule has 1 aromatic carbocycles. The van der Waals surface area contributed by atoms with Crippen molar-refractivity contribution in [3.8, 4) is 0 Å². The summed E-state index contributed by atoms with van der Waals surface area (Å²) >= 11 is 0. The molecule has 0 aliphatic rings. The Hall–Kier alpha value is -1.63. The molecular weight excluding hydrogens is 242 g/mol. The van der Waals surface area contributed by atoms with Crippen LogP contribution < -0.4 is 5.54 Å². The minimum Gasteiger partial charge on any atom is -0.480 e. The van der Waals surface area contributed by atoms with Crippen molar-refractivity contribution in [2.75, 3.05) is 0 Å². The third kappa shape index (κ3) is 3.70. The summed E-state index contributed by atoms with van der Waals surface area (Å²) in [4.78, 5) is 10.5. The van der Waals surface area contributed by atoms with E-state index in [0.29, 0.717) is 5.56 Å². The number of carboxylic acids is 1. The second kappa shape index (κ2) is 5.13. The van der Waals surface area contributed by atoms with Gasteiger partial charge in [-0.25, -0.2) is 0 Å². The fourth-order valence-electron chi connectivity index (χ4n) is 1.24. The average molecular weight is 251 g/mol. The minimum atomic E-state index is -4.44. The molecule has 1 unspecified atom stereocenters. The zero-order chi connectivity index (χ0) is 13.1. The Kier molecular flexibility index (Phi) is 4.06. The normalized spacial score (nSPS) is 13.4. The van der Waals surface area contributed by atoms with Crippen molar-refractivity contribution in [1.82, 2.24) is 5.54 Å². The van der Waals surface area contributed by atoms with Gasteiger partial charge in [0.05, 0.1) is 5.56 Å². The topological polar surface area (TPSA) is 49.3 Å². The van der Waals surface area contributed by atoms with Crippen molar-refractivity contribution in [3.63, 3.8) is 0 Å². The molecule has 2 N–H and O–H groups in total. The Morgan fingerprint density at radius 2 is 1.82 bits per heavy atom. The average Bonchev–Trinajstić information content (AvgIpc) is 2.25. The molecule has 0 aromatic heterocycles. The van der Waals surface area contributed by atoms with Crippen molar-refractivity contribution in [2.24, 2.45) is 0 Å². The van der Waals surface area contributed by atoms with Gasteiger partial charge in [-0.05, 0) is 17.7 Å². The van der Waals surface area contributed by atoms with Gasteiger partial charge >= 0.3 is 12.1 Å². The van der Waals surface area contributed by atoms with E-state index in [2.05, 4.69) is 0 Å². The van der Waals surface area contributed by atoms with E-state index in [1.54, 1.807) is 0 Å². The van der Waals surface area contributed by atoms with Gasteiger partial charge in [0.15, 0.2) is 0 Å². The molecule has 1 aromatic rings. The molecule has 0 radical (unpaired) electrons. The molecule has 0 amide bonds. The highest BCUT2D eigenvalue weighted by molar-refractivity contribution is 5.73. The molecular formula is C10H9F4NO2. The van der Waals surface area contributed by atoms with Crippen LogP contribution in [-0.4, -0.2) is 17.1 Å². The van der Waals surface area contributed by atoms with E-state index >= 15 is 0 Å². The number of carbonyl (C=O) groups is 1. The second-order valence-corrected chi connectivity index (χ2v) is 3.40. The van der Waals surface area contributed by atoms with Crippen molar-refractivity contribution >= 4 is 5.97 Å². The number of aliphatic carboxylic acids is 1. The third-order valence-electron chi connectivity index (χ3n) is 2.15. The Bertz CT molecular complexity index is 388. The summed E-state index contributed by atoms with van der Waals surface area (Å²) in [7, 11) is 0. The quantitative estimate of drug-likeness (QED) is 0.637. The van der Waals surface area contributed by atoms with Gasteiger partial charge in [-0.3, -0.25) is 4.79 Å². The smallest absolute Gasteiger partial charge is 0.416 e. The first-order valence-electron chi connectivity index (χ1n) is 4.59. The number of hydrogen-bond acceptors (Lipinski definition) is 2. The molecule has 0 aliphatic heterocycles. The van der Waals surface area contributed by atoms with Gasteiger partial charge in [0.25, 0.3) is 0 Å². The largest absolute Gasteiger partial charge is 0.480 e. The monoisotopic (exact) mass is 251 g/mol. The van der Waals surface area contributed by atoms with Crippen molar-refractivity contribution in [2.45, 2.75) is 18.6 Å². The Balaban J connectivity index is 2.78. The number of nitrogens with one attached hydrogen (secondary N) is 1. The molecule has 0 aliphatic carbocycles. The minimum absolute atomic E-state index is 0.232. The molecule has 0 fully saturated rings. The number of benzene rings is 1. The molecule has 94 valence electrons. The van der Waals surface area contributed by atoms with Crippen LogP contribution in [0.2, 0.25) is 0 Å². The van der Waals surface area contributed by atoms with Gasteiger partial charge in [0, 0.05) is 6.42 Å². The highest BCUT2D eigenvalue weighted by Crippen LogP contribution is 2.29. The standard InChI is InChI=1S/C10H9F4NO2/c11-10(12,13)7-3-1-6(2-4-7)5-8(15-14)9(16)17/h1-4,8,15H,5H2,(H,16,17). The van der Waals surface area contributed by atoms with Gasteiger partial charge in [-0.1, -0.05) is 12.1 Å². The number of halogens is 4. The van der Waals surface area contributed by atoms with Crippen LogP contribution in [0.5, 0.6) is 0 Å². The molecule has 0 spiro atoms. The molecule has 1 rings (SSSR count). The Morgan fingerprint density at radius 1 is 1.29 bits per heavy atom. The van der Waals surface area contributed by atoms with E-state index in [-0.39, 0.29) is 6.42 Å². The maximum atomic E-state index is 12.2. The molecule has 7 heteroatoms. The molecule has 17 heavy (non-hydrogen) atoms. The lowest BCUT2D eigenvalue weighted by molar-refractivity contribution is -0.141. The predicted molar refractivity (Wildman–Crippen MR) is 50.8 cm³/mol. The van der Waals surface area contributed by atoms with E-state index in [1.807, 2.05) is 0 Å². The summed E-state index contributed by atoms with van der Waals surface area (Å²) in [5, 5.41) is 8.54. The first-order valence-corrected chi connectivity index (χ1v) is 4.59. The summed E-state index contributed by atoms with van der Waals surface area (Å²) in [6.45, 7) is 0. The summed E-state index contributed by atoms with van der Waals surface area (Å²) in [5.74, 6) is -1.41. The van der Waals surface area contributed by atoms with Crippen LogP contribution in [0, 0.1) is 0 Å². The zero-order valence-electron chi connectivity index (χ0n) is 8.46. The molecule has 0 bridgehead atoms. The maximum absolute atomic E-state index is 12.2. The van der Waals surface area contributed by atoms with E-state index in [9.17, 15) is 22.4 Å². The summed E-state index contributed by atoms with van der Waals surface area (Å²) in [5.41, 5.74) is 0.542. The molecule has 0 saturated heterocycles. The molecule has 0 heterocycles. The van der Waals surface area contributed by atoms with Crippen LogP contribution in [0.1, 0.15) is 11.1 Å². The number of hydrogen-bond donors (Lipinski definition) is 2.